The van der Waals surface area contributed by atoms with Crippen molar-refractivity contribution in [2.75, 3.05) is 7.11 Å². The van der Waals surface area contributed by atoms with E-state index in [4.69, 9.17) is 15.6 Å². The van der Waals surface area contributed by atoms with E-state index in [0.717, 1.165) is 17.0 Å². The highest BCUT2D eigenvalue weighted by atomic mass is 16.5. The first-order chi connectivity index (χ1) is 9.10. The molecule has 0 amide bonds. The molecule has 0 aliphatic heterocycles. The summed E-state index contributed by atoms with van der Waals surface area (Å²) in [6, 6.07) is 6.82. The molecule has 1 unspecified atom stereocenters. The van der Waals surface area contributed by atoms with Crippen molar-refractivity contribution in [3.8, 4) is 17.0 Å². The monoisotopic (exact) mass is 261 g/mol. The molecule has 0 aliphatic carbocycles. The molecule has 19 heavy (non-hydrogen) atoms. The molecule has 0 spiro atoms. The van der Waals surface area contributed by atoms with Crippen molar-refractivity contribution in [2.45, 2.75) is 12.5 Å². The zero-order chi connectivity index (χ0) is 13.8. The van der Waals surface area contributed by atoms with E-state index >= 15 is 0 Å². The van der Waals surface area contributed by atoms with Gasteiger partial charge in [0.05, 0.1) is 31.5 Å². The highest BCUT2D eigenvalue weighted by molar-refractivity contribution is 5.67. The predicted molar refractivity (Wildman–Crippen MR) is 69.8 cm³/mol. The van der Waals surface area contributed by atoms with E-state index in [1.807, 2.05) is 24.3 Å². The van der Waals surface area contributed by atoms with Crippen molar-refractivity contribution in [1.82, 2.24) is 9.97 Å². The van der Waals surface area contributed by atoms with Gasteiger partial charge in [0.25, 0.3) is 0 Å². The molecule has 2 rings (SSSR count). The maximum Gasteiger partial charge on any atom is 0.305 e. The molecule has 0 fully saturated rings. The van der Waals surface area contributed by atoms with E-state index < -0.39 is 12.0 Å². The van der Waals surface area contributed by atoms with Crippen LogP contribution in [-0.4, -0.2) is 28.2 Å². The summed E-state index contributed by atoms with van der Waals surface area (Å²) >= 11 is 0. The number of nitrogens with one attached hydrogen (secondary N) is 1. The van der Waals surface area contributed by atoms with Crippen LogP contribution in [0.1, 0.15) is 18.3 Å². The van der Waals surface area contributed by atoms with Crippen molar-refractivity contribution in [3.63, 3.8) is 0 Å². The Labute approximate surface area is 110 Å². The number of H-pyrrole nitrogens is 1. The SMILES string of the molecule is COc1ccc(-c2cnc(C(N)CC(=O)O)[nH]2)cc1. The number of rotatable bonds is 5. The summed E-state index contributed by atoms with van der Waals surface area (Å²) in [6.07, 6.45) is 1.48. The van der Waals surface area contributed by atoms with E-state index in [2.05, 4.69) is 9.97 Å². The first-order valence-electron chi connectivity index (χ1n) is 5.77. The maximum absolute atomic E-state index is 10.6. The van der Waals surface area contributed by atoms with Crippen molar-refractivity contribution in [3.05, 3.63) is 36.3 Å². The Morgan fingerprint density at radius 3 is 2.74 bits per heavy atom. The molecule has 1 aromatic heterocycles. The molecular weight excluding hydrogens is 246 g/mol. The molecule has 4 N–H and O–H groups in total. The van der Waals surface area contributed by atoms with Crippen LogP contribution < -0.4 is 10.5 Å². The Hall–Kier alpha value is -2.34. The fourth-order valence-corrected chi connectivity index (χ4v) is 1.73. The fourth-order valence-electron chi connectivity index (χ4n) is 1.73. The second-order valence-electron chi connectivity index (χ2n) is 4.11. The molecule has 2 aromatic rings. The summed E-state index contributed by atoms with van der Waals surface area (Å²) in [5.41, 5.74) is 7.46. The standard InChI is InChI=1S/C13H15N3O3/c1-19-9-4-2-8(3-5-9)11-7-15-13(16-11)10(14)6-12(17)18/h2-5,7,10H,6,14H2,1H3,(H,15,16)(H,17,18). The molecule has 1 aromatic carbocycles. The minimum Gasteiger partial charge on any atom is -0.497 e. The van der Waals surface area contributed by atoms with Gasteiger partial charge in [0.15, 0.2) is 0 Å². The average Bonchev–Trinajstić information content (AvgIpc) is 2.88. The number of nitrogens with zero attached hydrogens (tertiary/aromatic N) is 1. The lowest BCUT2D eigenvalue weighted by molar-refractivity contribution is -0.137. The molecule has 1 heterocycles. The summed E-state index contributed by atoms with van der Waals surface area (Å²) in [4.78, 5) is 17.7. The predicted octanol–water partition coefficient (Wildman–Crippen LogP) is 1.56. The molecule has 0 saturated carbocycles. The molecule has 6 heteroatoms. The molecular formula is C13H15N3O3. The van der Waals surface area contributed by atoms with Gasteiger partial charge in [0.1, 0.15) is 11.6 Å². The Morgan fingerprint density at radius 2 is 2.16 bits per heavy atom. The van der Waals surface area contributed by atoms with E-state index in [0.29, 0.717) is 5.82 Å². The van der Waals surface area contributed by atoms with Crippen LogP contribution in [0.25, 0.3) is 11.3 Å². The number of benzene rings is 1. The van der Waals surface area contributed by atoms with Gasteiger partial charge in [0.2, 0.25) is 0 Å². The van der Waals surface area contributed by atoms with Gasteiger partial charge in [-0.1, -0.05) is 0 Å². The quantitative estimate of drug-likeness (QED) is 0.758. The summed E-state index contributed by atoms with van der Waals surface area (Å²) in [5, 5.41) is 8.69. The first kappa shape index (κ1) is 13.1. The molecule has 0 aliphatic rings. The largest absolute Gasteiger partial charge is 0.497 e. The lowest BCUT2D eigenvalue weighted by atomic mass is 10.1. The van der Waals surface area contributed by atoms with Gasteiger partial charge in [-0.05, 0) is 29.8 Å². The number of hydrogen-bond donors (Lipinski definition) is 3. The summed E-state index contributed by atoms with van der Waals surface area (Å²) in [7, 11) is 1.61. The lowest BCUT2D eigenvalue weighted by Crippen LogP contribution is -2.16. The van der Waals surface area contributed by atoms with Crippen LogP contribution in [0.4, 0.5) is 0 Å². The van der Waals surface area contributed by atoms with Crippen LogP contribution in [0.2, 0.25) is 0 Å². The number of aliphatic carboxylic acids is 1. The van der Waals surface area contributed by atoms with Crippen LogP contribution in [0.5, 0.6) is 5.75 Å². The minimum absolute atomic E-state index is 0.157. The van der Waals surface area contributed by atoms with Gasteiger partial charge in [-0.2, -0.15) is 0 Å². The second-order valence-corrected chi connectivity index (χ2v) is 4.11. The number of nitrogens with two attached hydrogens (primary N) is 1. The van der Waals surface area contributed by atoms with Crippen LogP contribution in [-0.2, 0) is 4.79 Å². The van der Waals surface area contributed by atoms with Gasteiger partial charge in [0, 0.05) is 0 Å². The van der Waals surface area contributed by atoms with Gasteiger partial charge in [-0.15, -0.1) is 0 Å². The number of ether oxygens (including phenoxy) is 1. The Bertz CT molecular complexity index is 563. The Morgan fingerprint density at radius 1 is 1.47 bits per heavy atom. The molecule has 0 saturated heterocycles. The molecule has 1 atom stereocenters. The van der Waals surface area contributed by atoms with E-state index in [9.17, 15) is 4.79 Å². The third kappa shape index (κ3) is 3.11. The summed E-state index contributed by atoms with van der Waals surface area (Å²) < 4.78 is 5.08. The van der Waals surface area contributed by atoms with Gasteiger partial charge >= 0.3 is 5.97 Å². The number of imidazole rings is 1. The Kier molecular flexibility index (Phi) is 3.82. The molecule has 0 radical (unpaired) electrons. The minimum atomic E-state index is -0.949. The lowest BCUT2D eigenvalue weighted by Gasteiger charge is -2.05. The second kappa shape index (κ2) is 5.53. The van der Waals surface area contributed by atoms with Gasteiger partial charge in [-0.25, -0.2) is 4.98 Å². The van der Waals surface area contributed by atoms with Gasteiger partial charge in [-0.3, -0.25) is 4.79 Å². The van der Waals surface area contributed by atoms with Crippen molar-refractivity contribution in [1.29, 1.82) is 0 Å². The van der Waals surface area contributed by atoms with Crippen LogP contribution in [0, 0.1) is 0 Å². The molecule has 6 nitrogen and oxygen atoms in total. The zero-order valence-electron chi connectivity index (χ0n) is 10.5. The zero-order valence-corrected chi connectivity index (χ0v) is 10.5. The van der Waals surface area contributed by atoms with Crippen molar-refractivity contribution < 1.29 is 14.6 Å². The third-order valence-corrected chi connectivity index (χ3v) is 2.74. The highest BCUT2D eigenvalue weighted by Crippen LogP contribution is 2.22. The topological polar surface area (TPSA) is 101 Å². The number of aromatic nitrogens is 2. The number of methoxy groups -OCH3 is 1. The van der Waals surface area contributed by atoms with E-state index in [-0.39, 0.29) is 6.42 Å². The normalized spacial score (nSPS) is 12.1. The number of aromatic amines is 1. The molecule has 0 bridgehead atoms. The molecule has 100 valence electrons. The Balaban J connectivity index is 2.17. The highest BCUT2D eigenvalue weighted by Gasteiger charge is 2.14. The summed E-state index contributed by atoms with van der Waals surface area (Å²) in [5.74, 6) is 0.286. The van der Waals surface area contributed by atoms with Gasteiger partial charge < -0.3 is 20.6 Å². The van der Waals surface area contributed by atoms with Crippen LogP contribution >= 0.6 is 0 Å². The van der Waals surface area contributed by atoms with Crippen molar-refractivity contribution in [2.24, 2.45) is 5.73 Å². The third-order valence-electron chi connectivity index (χ3n) is 2.74. The van der Waals surface area contributed by atoms with E-state index in [1.165, 1.54) is 0 Å². The maximum atomic E-state index is 10.6. The fraction of sp³-hybridized carbons (Fsp3) is 0.231. The first-order valence-corrected chi connectivity index (χ1v) is 5.77. The summed E-state index contributed by atoms with van der Waals surface area (Å²) in [6.45, 7) is 0. The smallest absolute Gasteiger partial charge is 0.305 e. The van der Waals surface area contributed by atoms with Crippen molar-refractivity contribution >= 4 is 5.97 Å². The van der Waals surface area contributed by atoms with Crippen LogP contribution in [0.15, 0.2) is 30.5 Å². The number of carbonyl (C=O) groups is 1. The number of hydrogen-bond acceptors (Lipinski definition) is 4. The van der Waals surface area contributed by atoms with E-state index in [1.54, 1.807) is 13.3 Å². The number of carboxylic acid groups (broad SMARTS) is 1. The number of carboxylic acids is 1. The van der Waals surface area contributed by atoms with Crippen LogP contribution in [0.3, 0.4) is 0 Å². The average molecular weight is 261 g/mol.